The maximum Gasteiger partial charge on any atom is 0.164 e. The van der Waals surface area contributed by atoms with Crippen LogP contribution >= 0.6 is 0 Å². The Kier molecular flexibility index (Phi) is 7.60. The van der Waals surface area contributed by atoms with Crippen LogP contribution in [0.4, 0.5) is 0 Å². The summed E-state index contributed by atoms with van der Waals surface area (Å²) in [6.45, 7) is 0. The third-order valence-electron chi connectivity index (χ3n) is 9.36. The molecule has 0 saturated carbocycles. The topological polar surface area (TPSA) is 51.6 Å². The minimum atomic E-state index is 0.618. The number of allylic oxidation sites excluding steroid dienone is 4. The Balaban J connectivity index is 1.28. The molecule has 236 valence electrons. The van der Waals surface area contributed by atoms with Gasteiger partial charge in [-0.2, -0.15) is 0 Å². The zero-order valence-electron chi connectivity index (χ0n) is 27.4. The maximum absolute atomic E-state index is 5.10. The van der Waals surface area contributed by atoms with Crippen molar-refractivity contribution in [2.75, 3.05) is 0 Å². The van der Waals surface area contributed by atoms with Crippen molar-refractivity contribution in [3.05, 3.63) is 176 Å². The maximum atomic E-state index is 5.10. The van der Waals surface area contributed by atoms with Gasteiger partial charge in [-0.3, -0.25) is 4.98 Å². The summed E-state index contributed by atoms with van der Waals surface area (Å²) in [5.74, 6) is 1.89. The van der Waals surface area contributed by atoms with Gasteiger partial charge in [0.05, 0.1) is 5.69 Å². The molecule has 2 aromatic heterocycles. The van der Waals surface area contributed by atoms with E-state index in [1.165, 1.54) is 27.1 Å². The van der Waals surface area contributed by atoms with Crippen LogP contribution in [0.1, 0.15) is 18.5 Å². The molecular formula is C46H32N4. The van der Waals surface area contributed by atoms with Gasteiger partial charge in [-0.1, -0.05) is 133 Å². The first-order valence-corrected chi connectivity index (χ1v) is 17.0. The summed E-state index contributed by atoms with van der Waals surface area (Å²) in [5.41, 5.74) is 9.27. The first kappa shape index (κ1) is 29.6. The summed E-state index contributed by atoms with van der Waals surface area (Å²) in [6.07, 6.45) is 10.8. The fourth-order valence-corrected chi connectivity index (χ4v) is 6.85. The van der Waals surface area contributed by atoms with Crippen LogP contribution < -0.4 is 0 Å². The second kappa shape index (κ2) is 12.8. The van der Waals surface area contributed by atoms with Crippen molar-refractivity contribution in [3.8, 4) is 56.4 Å². The lowest BCUT2D eigenvalue weighted by Gasteiger charge is -2.15. The number of benzene rings is 6. The van der Waals surface area contributed by atoms with E-state index in [1.54, 1.807) is 0 Å². The molecule has 1 aliphatic carbocycles. The van der Waals surface area contributed by atoms with Crippen molar-refractivity contribution in [1.29, 1.82) is 0 Å². The van der Waals surface area contributed by atoms with Gasteiger partial charge in [0.1, 0.15) is 0 Å². The van der Waals surface area contributed by atoms with Gasteiger partial charge in [0, 0.05) is 28.5 Å². The van der Waals surface area contributed by atoms with E-state index in [1.807, 2.05) is 66.9 Å². The number of nitrogens with zero attached hydrogens (tertiary/aromatic N) is 4. The van der Waals surface area contributed by atoms with E-state index < -0.39 is 0 Å². The Bertz CT molecular complexity index is 2510. The molecule has 6 aromatic carbocycles. The molecule has 0 spiro atoms. The van der Waals surface area contributed by atoms with E-state index in [-0.39, 0.29) is 0 Å². The number of hydrogen-bond acceptors (Lipinski definition) is 4. The fourth-order valence-electron chi connectivity index (χ4n) is 6.85. The van der Waals surface area contributed by atoms with E-state index in [0.717, 1.165) is 57.5 Å². The average Bonchev–Trinajstić information content (AvgIpc) is 3.21. The Morgan fingerprint density at radius 1 is 0.420 bits per heavy atom. The van der Waals surface area contributed by atoms with Crippen molar-refractivity contribution in [1.82, 2.24) is 19.9 Å². The van der Waals surface area contributed by atoms with Gasteiger partial charge < -0.3 is 0 Å². The molecule has 0 fully saturated rings. The zero-order valence-corrected chi connectivity index (χ0v) is 27.4. The van der Waals surface area contributed by atoms with Gasteiger partial charge in [0.25, 0.3) is 0 Å². The van der Waals surface area contributed by atoms with Gasteiger partial charge in [0.2, 0.25) is 0 Å². The molecule has 50 heavy (non-hydrogen) atoms. The molecule has 2 heterocycles. The highest BCUT2D eigenvalue weighted by Gasteiger charge is 2.17. The normalized spacial score (nSPS) is 12.7. The largest absolute Gasteiger partial charge is 0.256 e. The standard InChI is InChI=1S/C46H32N4/c1-4-14-31(15-5-1)43-25-24-35(30-47-43)36-26-37(42-29-34-20-10-11-21-39(34)40-22-12-13-23-41(40)42)28-38(27-36)46-49-44(32-16-6-2-7-17-32)48-45(50-46)33-18-8-3-9-19-33/h2-4,6-30H,1,5H2. The molecule has 0 unspecified atom stereocenters. The highest BCUT2D eigenvalue weighted by Crippen LogP contribution is 2.39. The quantitative estimate of drug-likeness (QED) is 0.170. The number of fused-ring (bicyclic) bond motifs is 3. The first-order valence-electron chi connectivity index (χ1n) is 17.0. The van der Waals surface area contributed by atoms with Crippen LogP contribution in [0.2, 0.25) is 0 Å². The third kappa shape index (κ3) is 5.67. The smallest absolute Gasteiger partial charge is 0.164 e. The van der Waals surface area contributed by atoms with Crippen LogP contribution in [0.5, 0.6) is 0 Å². The minimum Gasteiger partial charge on any atom is -0.256 e. The van der Waals surface area contributed by atoms with Crippen LogP contribution in [0.3, 0.4) is 0 Å². The Morgan fingerprint density at radius 3 is 1.68 bits per heavy atom. The lowest BCUT2D eigenvalue weighted by molar-refractivity contribution is 1.04. The van der Waals surface area contributed by atoms with Gasteiger partial charge in [-0.15, -0.1) is 0 Å². The van der Waals surface area contributed by atoms with Crippen LogP contribution in [0, 0.1) is 0 Å². The third-order valence-corrected chi connectivity index (χ3v) is 9.36. The van der Waals surface area contributed by atoms with Crippen LogP contribution in [-0.2, 0) is 0 Å². The van der Waals surface area contributed by atoms with E-state index in [0.29, 0.717) is 17.5 Å². The molecule has 0 atom stereocenters. The lowest BCUT2D eigenvalue weighted by atomic mass is 9.90. The molecule has 9 rings (SSSR count). The molecule has 0 radical (unpaired) electrons. The molecule has 0 saturated heterocycles. The molecule has 0 aliphatic heterocycles. The highest BCUT2D eigenvalue weighted by molar-refractivity contribution is 6.14. The predicted octanol–water partition coefficient (Wildman–Crippen LogP) is 11.6. The summed E-state index contributed by atoms with van der Waals surface area (Å²) in [5, 5.41) is 4.87. The second-order valence-electron chi connectivity index (χ2n) is 12.6. The highest BCUT2D eigenvalue weighted by atomic mass is 15.0. The van der Waals surface area contributed by atoms with E-state index >= 15 is 0 Å². The Hall–Kier alpha value is -6.52. The number of rotatable bonds is 6. The molecule has 0 N–H and O–H groups in total. The molecule has 4 heteroatoms. The lowest BCUT2D eigenvalue weighted by Crippen LogP contribution is -2.00. The van der Waals surface area contributed by atoms with E-state index in [9.17, 15) is 0 Å². The molecular weight excluding hydrogens is 609 g/mol. The van der Waals surface area contributed by atoms with E-state index in [2.05, 4.69) is 103 Å². The number of aromatic nitrogens is 4. The van der Waals surface area contributed by atoms with Gasteiger partial charge in [0.15, 0.2) is 17.5 Å². The molecule has 0 amide bonds. The monoisotopic (exact) mass is 640 g/mol. The van der Waals surface area contributed by atoms with Gasteiger partial charge in [-0.05, 0) is 87.0 Å². The zero-order chi connectivity index (χ0) is 33.3. The van der Waals surface area contributed by atoms with Crippen molar-refractivity contribution in [3.63, 3.8) is 0 Å². The van der Waals surface area contributed by atoms with Gasteiger partial charge in [-0.25, -0.2) is 15.0 Å². The average molecular weight is 641 g/mol. The summed E-state index contributed by atoms with van der Waals surface area (Å²) in [4.78, 5) is 20.1. The fraction of sp³-hybridized carbons (Fsp3) is 0.0435. The molecule has 4 nitrogen and oxygen atoms in total. The molecule has 1 aliphatic rings. The molecule has 8 aromatic rings. The SMILES string of the molecule is C1=CC(c2ccc(-c3cc(-c4nc(-c5ccccc5)nc(-c5ccccc5)n4)cc(-c4cc5ccccc5c5ccccc45)c3)cn2)=CCC1. The van der Waals surface area contributed by atoms with Crippen LogP contribution in [0.15, 0.2) is 170 Å². The number of hydrogen-bond donors (Lipinski definition) is 0. The van der Waals surface area contributed by atoms with Gasteiger partial charge >= 0.3 is 0 Å². The van der Waals surface area contributed by atoms with Crippen LogP contribution in [0.25, 0.3) is 83.5 Å². The summed E-state index contributed by atoms with van der Waals surface area (Å²) < 4.78 is 0. The van der Waals surface area contributed by atoms with Crippen molar-refractivity contribution in [2.24, 2.45) is 0 Å². The Labute approximate surface area is 291 Å². The van der Waals surface area contributed by atoms with Crippen molar-refractivity contribution in [2.45, 2.75) is 12.8 Å². The molecule has 0 bridgehead atoms. The van der Waals surface area contributed by atoms with E-state index in [4.69, 9.17) is 19.9 Å². The summed E-state index contributed by atoms with van der Waals surface area (Å²) in [7, 11) is 0. The minimum absolute atomic E-state index is 0.618. The second-order valence-corrected chi connectivity index (χ2v) is 12.6. The summed E-state index contributed by atoms with van der Waals surface area (Å²) in [6, 6.07) is 50.8. The van der Waals surface area contributed by atoms with Crippen LogP contribution in [-0.4, -0.2) is 19.9 Å². The first-order chi connectivity index (χ1) is 24.8. The van der Waals surface area contributed by atoms with Crippen molar-refractivity contribution < 1.29 is 0 Å². The predicted molar refractivity (Wildman–Crippen MR) is 206 cm³/mol. The van der Waals surface area contributed by atoms with Crippen molar-refractivity contribution >= 4 is 27.1 Å². The Morgan fingerprint density at radius 2 is 1.02 bits per heavy atom. The summed E-state index contributed by atoms with van der Waals surface area (Å²) >= 11 is 0. The number of pyridine rings is 1.